The molecule has 2 aliphatic carbocycles. The lowest BCUT2D eigenvalue weighted by Gasteiger charge is -2.46. The Hall–Kier alpha value is -0.540. The molecule has 6 atom stereocenters. The molecule has 0 radical (unpaired) electrons. The highest BCUT2D eigenvalue weighted by Crippen LogP contribution is 2.53. The minimum absolute atomic E-state index is 0.0439. The van der Waals surface area contributed by atoms with Gasteiger partial charge in [-0.25, -0.2) is 0 Å². The smallest absolute Gasteiger partial charge is 0.299 e. The first-order valence-electron chi connectivity index (χ1n) is 10.4. The minimum Gasteiger partial charge on any atom is -0.299 e. The van der Waals surface area contributed by atoms with Gasteiger partial charge in [0.1, 0.15) is 11.2 Å². The van der Waals surface area contributed by atoms with Crippen molar-refractivity contribution in [1.82, 2.24) is 0 Å². The number of hydrogen-bond donors (Lipinski definition) is 0. The molecule has 4 heteroatoms. The maximum atomic E-state index is 13.7. The van der Waals surface area contributed by atoms with Crippen LogP contribution in [0.1, 0.15) is 86.5 Å². The van der Waals surface area contributed by atoms with Crippen molar-refractivity contribution in [3.05, 3.63) is 0 Å². The lowest BCUT2D eigenvalue weighted by Crippen LogP contribution is -2.51. The van der Waals surface area contributed by atoms with Gasteiger partial charge in [-0.1, -0.05) is 34.6 Å². The SMILES string of the molecule is CC1CC2CC(C)C(CCCC(=O)C(C)(C(C)(C)C)C(F)(F)F)C(C1)C2. The zero-order valence-corrected chi connectivity index (χ0v) is 17.4. The standard InChI is InChI=1S/C22H37F3O/c1-14-10-16-12-15(2)18(17(11-14)13-16)8-7-9-19(26)21(6,20(3,4)5)22(23,24)25/h14-18H,7-13H2,1-6H3. The molecule has 0 amide bonds. The Morgan fingerprint density at radius 3 is 2.12 bits per heavy atom. The summed E-state index contributed by atoms with van der Waals surface area (Å²) in [6, 6.07) is 0. The molecule has 0 N–H and O–H groups in total. The first-order valence-corrected chi connectivity index (χ1v) is 10.4. The molecule has 0 aromatic heterocycles. The summed E-state index contributed by atoms with van der Waals surface area (Å²) >= 11 is 0. The third kappa shape index (κ3) is 4.14. The van der Waals surface area contributed by atoms with Gasteiger partial charge in [0.05, 0.1) is 0 Å². The number of carbonyl (C=O) groups is 1. The third-order valence-corrected chi connectivity index (χ3v) is 7.68. The van der Waals surface area contributed by atoms with E-state index in [1.807, 2.05) is 0 Å². The van der Waals surface area contributed by atoms with Crippen LogP contribution < -0.4 is 0 Å². The highest BCUT2D eigenvalue weighted by atomic mass is 19.4. The number of ketones is 1. The van der Waals surface area contributed by atoms with E-state index in [9.17, 15) is 18.0 Å². The summed E-state index contributed by atoms with van der Waals surface area (Å²) in [6.07, 6.45) is 2.15. The molecule has 152 valence electrons. The van der Waals surface area contributed by atoms with Crippen LogP contribution >= 0.6 is 0 Å². The number of fused-ring (bicyclic) bond motifs is 2. The Kier molecular flexibility index (Phi) is 6.25. The van der Waals surface area contributed by atoms with Crippen LogP contribution in [0.25, 0.3) is 0 Å². The zero-order chi connectivity index (χ0) is 19.9. The Morgan fingerprint density at radius 1 is 0.962 bits per heavy atom. The number of hydrogen-bond acceptors (Lipinski definition) is 1. The fourth-order valence-corrected chi connectivity index (χ4v) is 5.78. The number of carbonyl (C=O) groups excluding carboxylic acids is 1. The van der Waals surface area contributed by atoms with Crippen LogP contribution in [-0.4, -0.2) is 12.0 Å². The third-order valence-electron chi connectivity index (χ3n) is 7.68. The van der Waals surface area contributed by atoms with E-state index in [2.05, 4.69) is 13.8 Å². The van der Waals surface area contributed by atoms with Crippen LogP contribution in [-0.2, 0) is 4.79 Å². The topological polar surface area (TPSA) is 17.1 Å². The molecule has 26 heavy (non-hydrogen) atoms. The van der Waals surface area contributed by atoms with E-state index < -0.39 is 22.8 Å². The summed E-state index contributed by atoms with van der Waals surface area (Å²) in [5, 5.41) is 0. The summed E-state index contributed by atoms with van der Waals surface area (Å²) in [5.74, 6) is 2.89. The molecule has 0 aliphatic heterocycles. The summed E-state index contributed by atoms with van der Waals surface area (Å²) in [6.45, 7) is 10.3. The average Bonchev–Trinajstić information content (AvgIpc) is 2.46. The molecule has 0 heterocycles. The van der Waals surface area contributed by atoms with Gasteiger partial charge in [-0.05, 0) is 80.5 Å². The van der Waals surface area contributed by atoms with E-state index in [0.29, 0.717) is 24.2 Å². The molecule has 0 saturated heterocycles. The monoisotopic (exact) mass is 374 g/mol. The van der Waals surface area contributed by atoms with Crippen LogP contribution in [0, 0.1) is 40.4 Å². The fraction of sp³-hybridized carbons (Fsp3) is 0.955. The molecule has 2 aliphatic rings. The van der Waals surface area contributed by atoms with Gasteiger partial charge in [0.2, 0.25) is 0 Å². The van der Waals surface area contributed by atoms with Crippen molar-refractivity contribution < 1.29 is 18.0 Å². The first-order chi connectivity index (χ1) is 11.8. The van der Waals surface area contributed by atoms with Crippen LogP contribution in [0.3, 0.4) is 0 Å². The van der Waals surface area contributed by atoms with Gasteiger partial charge in [0, 0.05) is 6.42 Å². The summed E-state index contributed by atoms with van der Waals surface area (Å²) in [7, 11) is 0. The largest absolute Gasteiger partial charge is 0.401 e. The highest BCUT2D eigenvalue weighted by molar-refractivity contribution is 5.86. The lowest BCUT2D eigenvalue weighted by molar-refractivity contribution is -0.242. The van der Waals surface area contributed by atoms with E-state index in [4.69, 9.17) is 0 Å². The van der Waals surface area contributed by atoms with Crippen LogP contribution in [0.4, 0.5) is 13.2 Å². The maximum absolute atomic E-state index is 13.7. The molecular formula is C22H37F3O. The van der Waals surface area contributed by atoms with Crippen molar-refractivity contribution in [2.75, 3.05) is 0 Å². The molecule has 2 fully saturated rings. The second kappa shape index (κ2) is 7.47. The molecule has 0 aromatic carbocycles. The number of Topliss-reactive ketones (excluding diaryl/α,β-unsaturated/α-hetero) is 1. The normalized spacial score (nSPS) is 35.0. The number of alkyl halides is 3. The molecule has 2 bridgehead atoms. The van der Waals surface area contributed by atoms with Gasteiger partial charge in [0.15, 0.2) is 0 Å². The number of rotatable bonds is 5. The molecule has 2 rings (SSSR count). The molecule has 6 unspecified atom stereocenters. The second-order valence-electron chi connectivity index (χ2n) is 10.5. The van der Waals surface area contributed by atoms with Crippen LogP contribution in [0.15, 0.2) is 0 Å². The van der Waals surface area contributed by atoms with Gasteiger partial charge in [-0.3, -0.25) is 4.79 Å². The van der Waals surface area contributed by atoms with E-state index in [1.54, 1.807) is 0 Å². The van der Waals surface area contributed by atoms with E-state index in [-0.39, 0.29) is 6.42 Å². The zero-order valence-electron chi connectivity index (χ0n) is 17.4. The van der Waals surface area contributed by atoms with Gasteiger partial charge < -0.3 is 0 Å². The molecule has 1 nitrogen and oxygen atoms in total. The summed E-state index contributed by atoms with van der Waals surface area (Å²) in [5.41, 5.74) is -3.41. The summed E-state index contributed by atoms with van der Waals surface area (Å²) in [4.78, 5) is 12.6. The van der Waals surface area contributed by atoms with Gasteiger partial charge >= 0.3 is 6.18 Å². The van der Waals surface area contributed by atoms with Crippen LogP contribution in [0.2, 0.25) is 0 Å². The van der Waals surface area contributed by atoms with E-state index in [0.717, 1.165) is 25.2 Å². The van der Waals surface area contributed by atoms with Crippen LogP contribution in [0.5, 0.6) is 0 Å². The van der Waals surface area contributed by atoms with Crippen molar-refractivity contribution in [2.45, 2.75) is 92.7 Å². The summed E-state index contributed by atoms with van der Waals surface area (Å²) < 4.78 is 41.1. The first kappa shape index (κ1) is 21.8. The van der Waals surface area contributed by atoms with E-state index >= 15 is 0 Å². The number of halogens is 3. The quantitative estimate of drug-likeness (QED) is 0.504. The predicted octanol–water partition coefficient (Wildman–Crippen LogP) is 7.05. The Morgan fingerprint density at radius 2 is 1.58 bits per heavy atom. The Balaban J connectivity index is 1.98. The predicted molar refractivity (Wildman–Crippen MR) is 99.7 cm³/mol. The van der Waals surface area contributed by atoms with E-state index in [1.165, 1.54) is 46.5 Å². The van der Waals surface area contributed by atoms with Crippen molar-refractivity contribution in [3.8, 4) is 0 Å². The van der Waals surface area contributed by atoms with Crippen molar-refractivity contribution in [1.29, 1.82) is 0 Å². The van der Waals surface area contributed by atoms with Gasteiger partial charge in [0.25, 0.3) is 0 Å². The maximum Gasteiger partial charge on any atom is 0.401 e. The molecule has 0 spiro atoms. The van der Waals surface area contributed by atoms with Crippen molar-refractivity contribution in [3.63, 3.8) is 0 Å². The minimum atomic E-state index is -4.51. The molecular weight excluding hydrogens is 337 g/mol. The molecule has 0 aromatic rings. The molecule has 2 saturated carbocycles. The highest BCUT2D eigenvalue weighted by Gasteiger charge is 2.62. The Bertz CT molecular complexity index is 484. The Labute approximate surface area is 157 Å². The lowest BCUT2D eigenvalue weighted by atomic mass is 9.59. The fourth-order valence-electron chi connectivity index (χ4n) is 5.78. The van der Waals surface area contributed by atoms with Gasteiger partial charge in [-0.15, -0.1) is 0 Å². The second-order valence-corrected chi connectivity index (χ2v) is 10.5. The van der Waals surface area contributed by atoms with Crippen molar-refractivity contribution in [2.24, 2.45) is 40.4 Å². The van der Waals surface area contributed by atoms with Crippen molar-refractivity contribution >= 4 is 5.78 Å². The van der Waals surface area contributed by atoms with Gasteiger partial charge in [-0.2, -0.15) is 13.2 Å². The average molecular weight is 375 g/mol.